The molecule has 17 heavy (non-hydrogen) atoms. The van der Waals surface area contributed by atoms with Crippen LogP contribution in [0.5, 0.6) is 0 Å². The molecule has 4 heteroatoms. The maximum Gasteiger partial charge on any atom is 0.0958 e. The Hall–Kier alpha value is -0.990. The van der Waals surface area contributed by atoms with Gasteiger partial charge in [-0.05, 0) is 32.9 Å². The second kappa shape index (κ2) is 4.35. The lowest BCUT2D eigenvalue weighted by atomic mass is 10.1. The van der Waals surface area contributed by atoms with E-state index in [1.165, 1.54) is 0 Å². The highest BCUT2D eigenvalue weighted by molar-refractivity contribution is 6.39. The molecule has 90 valence electrons. The number of imidazole rings is 1. The summed E-state index contributed by atoms with van der Waals surface area (Å²) in [6.07, 6.45) is 3.77. The zero-order chi connectivity index (χ0) is 12.6. The molecular weight excluding hydrogens is 255 g/mol. The van der Waals surface area contributed by atoms with E-state index in [2.05, 4.69) is 25.8 Å². The van der Waals surface area contributed by atoms with Crippen LogP contribution in [0.25, 0.3) is 11.3 Å². The van der Waals surface area contributed by atoms with Gasteiger partial charge in [0.1, 0.15) is 0 Å². The minimum Gasteiger partial charge on any atom is -0.332 e. The summed E-state index contributed by atoms with van der Waals surface area (Å²) in [7, 11) is 0. The van der Waals surface area contributed by atoms with E-state index in [1.54, 1.807) is 6.33 Å². The smallest absolute Gasteiger partial charge is 0.0958 e. The zero-order valence-electron chi connectivity index (χ0n) is 10.0. The van der Waals surface area contributed by atoms with Crippen LogP contribution < -0.4 is 0 Å². The average molecular weight is 269 g/mol. The van der Waals surface area contributed by atoms with E-state index in [9.17, 15) is 0 Å². The van der Waals surface area contributed by atoms with Gasteiger partial charge in [0, 0.05) is 17.3 Å². The molecule has 0 atom stereocenters. The Kier molecular flexibility index (Phi) is 3.19. The molecule has 1 heterocycles. The van der Waals surface area contributed by atoms with Crippen LogP contribution in [0.2, 0.25) is 10.0 Å². The van der Waals surface area contributed by atoms with Crippen LogP contribution in [-0.2, 0) is 5.54 Å². The molecule has 1 aromatic heterocycles. The summed E-state index contributed by atoms with van der Waals surface area (Å²) >= 11 is 12.3. The monoisotopic (exact) mass is 268 g/mol. The fraction of sp³-hybridized carbons (Fsp3) is 0.308. The Morgan fingerprint density at radius 1 is 1.12 bits per heavy atom. The molecule has 0 aliphatic carbocycles. The number of rotatable bonds is 1. The summed E-state index contributed by atoms with van der Waals surface area (Å²) < 4.78 is 2.04. The second-order valence-corrected chi connectivity index (χ2v) is 5.75. The predicted molar refractivity (Wildman–Crippen MR) is 72.7 cm³/mol. The van der Waals surface area contributed by atoms with Crippen molar-refractivity contribution in [3.8, 4) is 11.3 Å². The van der Waals surface area contributed by atoms with Crippen LogP contribution in [0, 0.1) is 0 Å². The highest BCUT2D eigenvalue weighted by atomic mass is 35.5. The van der Waals surface area contributed by atoms with Gasteiger partial charge in [0.05, 0.1) is 22.1 Å². The summed E-state index contributed by atoms with van der Waals surface area (Å²) in [6.45, 7) is 6.35. The summed E-state index contributed by atoms with van der Waals surface area (Å²) in [5.74, 6) is 0. The third-order valence-corrected chi connectivity index (χ3v) is 3.21. The van der Waals surface area contributed by atoms with E-state index in [0.29, 0.717) is 10.0 Å². The summed E-state index contributed by atoms with van der Waals surface area (Å²) in [6, 6.07) is 5.46. The van der Waals surface area contributed by atoms with Crippen LogP contribution >= 0.6 is 23.2 Å². The van der Waals surface area contributed by atoms with Gasteiger partial charge in [-0.25, -0.2) is 4.98 Å². The molecule has 0 spiro atoms. The fourth-order valence-electron chi connectivity index (χ4n) is 1.56. The van der Waals surface area contributed by atoms with E-state index in [0.717, 1.165) is 11.3 Å². The first-order valence-corrected chi connectivity index (χ1v) is 6.14. The topological polar surface area (TPSA) is 17.8 Å². The fourth-order valence-corrected chi connectivity index (χ4v) is 2.15. The Morgan fingerprint density at radius 3 is 2.18 bits per heavy atom. The highest BCUT2D eigenvalue weighted by Gasteiger charge is 2.16. The predicted octanol–water partition coefficient (Wildman–Crippen LogP) is 4.61. The van der Waals surface area contributed by atoms with E-state index in [1.807, 2.05) is 29.0 Å². The number of hydrogen-bond donors (Lipinski definition) is 0. The molecule has 0 aliphatic rings. The van der Waals surface area contributed by atoms with Crippen LogP contribution in [-0.4, -0.2) is 9.55 Å². The molecule has 0 N–H and O–H groups in total. The quantitative estimate of drug-likeness (QED) is 0.739. The molecule has 0 unspecified atom stereocenters. The molecule has 1 aromatic carbocycles. The maximum absolute atomic E-state index is 6.15. The van der Waals surface area contributed by atoms with Gasteiger partial charge in [-0.15, -0.1) is 0 Å². The first-order valence-electron chi connectivity index (χ1n) is 5.38. The van der Waals surface area contributed by atoms with E-state index < -0.39 is 0 Å². The van der Waals surface area contributed by atoms with Crippen LogP contribution in [0.4, 0.5) is 0 Å². The molecule has 0 saturated carbocycles. The van der Waals surface area contributed by atoms with Crippen molar-refractivity contribution in [1.82, 2.24) is 9.55 Å². The van der Waals surface area contributed by atoms with Crippen molar-refractivity contribution in [2.24, 2.45) is 0 Å². The van der Waals surface area contributed by atoms with Crippen LogP contribution in [0.3, 0.4) is 0 Å². The molecule has 2 rings (SSSR count). The minimum atomic E-state index is -0.00101. The summed E-state index contributed by atoms with van der Waals surface area (Å²) in [4.78, 5) is 4.37. The molecule has 0 amide bonds. The molecule has 0 fully saturated rings. The van der Waals surface area contributed by atoms with Gasteiger partial charge in [-0.2, -0.15) is 0 Å². The third-order valence-electron chi connectivity index (χ3n) is 2.58. The normalized spacial score (nSPS) is 11.8. The van der Waals surface area contributed by atoms with Crippen molar-refractivity contribution in [3.05, 3.63) is 40.8 Å². The lowest BCUT2D eigenvalue weighted by Crippen LogP contribution is -2.19. The van der Waals surface area contributed by atoms with Crippen molar-refractivity contribution in [2.75, 3.05) is 0 Å². The molecular formula is C13H14Cl2N2. The van der Waals surface area contributed by atoms with Gasteiger partial charge < -0.3 is 4.57 Å². The molecule has 0 saturated heterocycles. The van der Waals surface area contributed by atoms with Gasteiger partial charge in [-0.3, -0.25) is 0 Å². The van der Waals surface area contributed by atoms with Gasteiger partial charge in [0.2, 0.25) is 0 Å². The van der Waals surface area contributed by atoms with Crippen molar-refractivity contribution in [3.63, 3.8) is 0 Å². The molecule has 2 nitrogen and oxygen atoms in total. The van der Waals surface area contributed by atoms with E-state index in [-0.39, 0.29) is 5.54 Å². The van der Waals surface area contributed by atoms with Gasteiger partial charge >= 0.3 is 0 Å². The SMILES string of the molecule is CC(C)(C)n1cnc(-c2c(Cl)cccc2Cl)c1. The van der Waals surface area contributed by atoms with Crippen molar-refractivity contribution >= 4 is 23.2 Å². The average Bonchev–Trinajstić information content (AvgIpc) is 2.65. The standard InChI is InChI=1S/C13H14Cl2N2/c1-13(2,3)17-7-11(16-8-17)12-9(14)5-4-6-10(12)15/h4-8H,1-3H3. The zero-order valence-corrected chi connectivity index (χ0v) is 11.5. The number of benzene rings is 1. The minimum absolute atomic E-state index is 0.00101. The van der Waals surface area contributed by atoms with Gasteiger partial charge in [0.15, 0.2) is 0 Å². The number of nitrogens with zero attached hydrogens (tertiary/aromatic N) is 2. The third kappa shape index (κ3) is 2.48. The number of halogens is 2. The Balaban J connectivity index is 2.51. The molecule has 0 radical (unpaired) electrons. The van der Waals surface area contributed by atoms with Crippen molar-refractivity contribution < 1.29 is 0 Å². The summed E-state index contributed by atoms with van der Waals surface area (Å²) in [5, 5.41) is 1.24. The molecule has 0 bridgehead atoms. The lowest BCUT2D eigenvalue weighted by molar-refractivity contribution is 0.396. The van der Waals surface area contributed by atoms with E-state index in [4.69, 9.17) is 23.2 Å². The first kappa shape index (κ1) is 12.5. The Morgan fingerprint density at radius 2 is 1.71 bits per heavy atom. The van der Waals surface area contributed by atoms with E-state index >= 15 is 0 Å². The Labute approximate surface area is 111 Å². The maximum atomic E-state index is 6.15. The first-order chi connectivity index (χ1) is 7.89. The highest BCUT2D eigenvalue weighted by Crippen LogP contribution is 2.33. The number of aromatic nitrogens is 2. The van der Waals surface area contributed by atoms with Gasteiger partial charge in [-0.1, -0.05) is 29.3 Å². The molecule has 2 aromatic rings. The van der Waals surface area contributed by atoms with Crippen molar-refractivity contribution in [1.29, 1.82) is 0 Å². The van der Waals surface area contributed by atoms with Gasteiger partial charge in [0.25, 0.3) is 0 Å². The lowest BCUT2D eigenvalue weighted by Gasteiger charge is -2.19. The summed E-state index contributed by atoms with van der Waals surface area (Å²) in [5.41, 5.74) is 1.59. The largest absolute Gasteiger partial charge is 0.332 e. The Bertz CT molecular complexity index is 518. The van der Waals surface area contributed by atoms with Crippen LogP contribution in [0.15, 0.2) is 30.7 Å². The number of hydrogen-bond acceptors (Lipinski definition) is 1. The second-order valence-electron chi connectivity index (χ2n) is 4.93. The molecule has 0 aliphatic heterocycles. The van der Waals surface area contributed by atoms with Crippen molar-refractivity contribution in [2.45, 2.75) is 26.3 Å². The van der Waals surface area contributed by atoms with Crippen LogP contribution in [0.1, 0.15) is 20.8 Å².